The van der Waals surface area contributed by atoms with Crippen LogP contribution in [0.15, 0.2) is 108 Å². The van der Waals surface area contributed by atoms with Gasteiger partial charge in [-0.15, -0.1) is 11.8 Å². The Hall–Kier alpha value is -4.24. The second kappa shape index (κ2) is 14.6. The summed E-state index contributed by atoms with van der Waals surface area (Å²) in [6.07, 6.45) is 1.56. The first-order valence-corrected chi connectivity index (χ1v) is 14.4. The molecular formula is C32H27Cl2N3O4S. The van der Waals surface area contributed by atoms with Gasteiger partial charge in [0, 0.05) is 26.2 Å². The zero-order valence-electron chi connectivity index (χ0n) is 22.7. The van der Waals surface area contributed by atoms with Crippen LogP contribution >= 0.6 is 35.0 Å². The molecule has 1 atom stereocenters. The number of rotatable bonds is 10. The molecule has 0 aliphatic carbocycles. The zero-order valence-corrected chi connectivity index (χ0v) is 25.0. The van der Waals surface area contributed by atoms with E-state index < -0.39 is 17.1 Å². The molecule has 0 aliphatic heterocycles. The van der Waals surface area contributed by atoms with Crippen molar-refractivity contribution in [3.63, 3.8) is 0 Å². The van der Waals surface area contributed by atoms with Crippen molar-refractivity contribution in [2.45, 2.75) is 17.1 Å². The molecule has 10 heteroatoms. The number of methoxy groups -OCH3 is 1. The molecular weight excluding hydrogens is 593 g/mol. The molecule has 0 radical (unpaired) electrons. The van der Waals surface area contributed by atoms with E-state index >= 15 is 0 Å². The van der Waals surface area contributed by atoms with Gasteiger partial charge >= 0.3 is 0 Å². The Kier molecular flexibility index (Phi) is 10.7. The summed E-state index contributed by atoms with van der Waals surface area (Å²) in [6, 6.07) is 27.6. The summed E-state index contributed by atoms with van der Waals surface area (Å²) < 4.78 is 5.30. The molecule has 0 fully saturated rings. The van der Waals surface area contributed by atoms with Gasteiger partial charge in [-0.25, -0.2) is 0 Å². The molecule has 214 valence electrons. The monoisotopic (exact) mass is 619 g/mol. The van der Waals surface area contributed by atoms with Crippen LogP contribution in [0.2, 0.25) is 10.0 Å². The van der Waals surface area contributed by atoms with Gasteiger partial charge in [0.15, 0.2) is 0 Å². The maximum atomic E-state index is 13.3. The van der Waals surface area contributed by atoms with Gasteiger partial charge in [-0.3, -0.25) is 14.4 Å². The predicted octanol–water partition coefficient (Wildman–Crippen LogP) is 7.53. The van der Waals surface area contributed by atoms with Crippen LogP contribution in [0.4, 0.5) is 11.4 Å². The van der Waals surface area contributed by atoms with Gasteiger partial charge < -0.3 is 20.7 Å². The Bertz CT molecular complexity index is 1610. The van der Waals surface area contributed by atoms with E-state index in [9.17, 15) is 14.4 Å². The highest BCUT2D eigenvalue weighted by molar-refractivity contribution is 8.00. The molecule has 0 saturated heterocycles. The first-order valence-electron chi connectivity index (χ1n) is 12.8. The van der Waals surface area contributed by atoms with Gasteiger partial charge in [-0.1, -0.05) is 53.5 Å². The van der Waals surface area contributed by atoms with Crippen LogP contribution in [0.1, 0.15) is 22.8 Å². The lowest BCUT2D eigenvalue weighted by atomic mass is 10.1. The maximum Gasteiger partial charge on any atom is 0.272 e. The average molecular weight is 621 g/mol. The number of nitrogens with one attached hydrogen (secondary N) is 3. The van der Waals surface area contributed by atoms with Crippen LogP contribution in [-0.4, -0.2) is 30.1 Å². The highest BCUT2D eigenvalue weighted by Crippen LogP contribution is 2.30. The summed E-state index contributed by atoms with van der Waals surface area (Å²) in [5, 5.41) is 8.92. The lowest BCUT2D eigenvalue weighted by molar-refractivity contribution is -0.115. The standard InChI is InChI=1S/C32H27Cl2N3O4S/c1-20(30(38)36-27-19-24(34)11-16-29(27)41-2)42-26-14-12-25(13-15-26)35-32(40)28(18-21-7-6-10-23(33)17-21)37-31(39)22-8-4-3-5-9-22/h3-20H,1-2H3,(H,35,40)(H,36,38)(H,37,39)/b28-18-. The molecule has 4 rings (SSSR count). The van der Waals surface area contributed by atoms with Crippen molar-refractivity contribution in [2.75, 3.05) is 17.7 Å². The molecule has 7 nitrogen and oxygen atoms in total. The molecule has 0 saturated carbocycles. The Labute approximate surface area is 258 Å². The molecule has 4 aromatic rings. The molecule has 0 aromatic heterocycles. The summed E-state index contributed by atoms with van der Waals surface area (Å²) in [5.74, 6) is -0.645. The van der Waals surface area contributed by atoms with E-state index in [1.165, 1.54) is 18.9 Å². The maximum absolute atomic E-state index is 13.3. The molecule has 4 aromatic carbocycles. The van der Waals surface area contributed by atoms with Gasteiger partial charge in [0.2, 0.25) is 5.91 Å². The number of anilines is 2. The summed E-state index contributed by atoms with van der Waals surface area (Å²) in [6.45, 7) is 1.79. The number of ether oxygens (including phenoxy) is 1. The minimum absolute atomic E-state index is 0.0475. The van der Waals surface area contributed by atoms with Gasteiger partial charge in [0.05, 0.1) is 18.0 Å². The van der Waals surface area contributed by atoms with Gasteiger partial charge in [-0.05, 0) is 85.3 Å². The normalized spacial score (nSPS) is 11.8. The zero-order chi connectivity index (χ0) is 30.1. The van der Waals surface area contributed by atoms with Crippen LogP contribution in [0.3, 0.4) is 0 Å². The molecule has 0 heterocycles. The number of carbonyl (C=O) groups excluding carboxylic acids is 3. The molecule has 42 heavy (non-hydrogen) atoms. The third-order valence-corrected chi connectivity index (χ3v) is 7.48. The van der Waals surface area contributed by atoms with E-state index in [-0.39, 0.29) is 11.6 Å². The predicted molar refractivity (Wildman–Crippen MR) is 170 cm³/mol. The molecule has 0 spiro atoms. The quantitative estimate of drug-likeness (QED) is 0.126. The highest BCUT2D eigenvalue weighted by Gasteiger charge is 2.18. The lowest BCUT2D eigenvalue weighted by Gasteiger charge is -2.15. The Morgan fingerprint density at radius 2 is 1.55 bits per heavy atom. The number of carbonyl (C=O) groups is 3. The number of thioether (sulfide) groups is 1. The van der Waals surface area contributed by atoms with Crippen LogP contribution in [-0.2, 0) is 9.59 Å². The number of amides is 3. The van der Waals surface area contributed by atoms with Crippen LogP contribution in [0, 0.1) is 0 Å². The second-order valence-electron chi connectivity index (χ2n) is 9.01. The summed E-state index contributed by atoms with van der Waals surface area (Å²) in [5.41, 5.74) is 2.11. The van der Waals surface area contributed by atoms with Crippen molar-refractivity contribution < 1.29 is 19.1 Å². The van der Waals surface area contributed by atoms with E-state index in [4.69, 9.17) is 27.9 Å². The molecule has 1 unspecified atom stereocenters. The van der Waals surface area contributed by atoms with Crippen molar-refractivity contribution >= 4 is 70.1 Å². The fourth-order valence-corrected chi connectivity index (χ4v) is 5.03. The summed E-state index contributed by atoms with van der Waals surface area (Å²) in [4.78, 5) is 39.7. The van der Waals surface area contributed by atoms with E-state index in [1.54, 1.807) is 110 Å². The van der Waals surface area contributed by atoms with E-state index in [0.717, 1.165) is 4.90 Å². The molecule has 3 N–H and O–H groups in total. The molecule has 3 amide bonds. The smallest absolute Gasteiger partial charge is 0.272 e. The van der Waals surface area contributed by atoms with E-state index in [2.05, 4.69) is 16.0 Å². The van der Waals surface area contributed by atoms with Gasteiger partial charge in [-0.2, -0.15) is 0 Å². The van der Waals surface area contributed by atoms with Gasteiger partial charge in [0.1, 0.15) is 11.4 Å². The van der Waals surface area contributed by atoms with Crippen LogP contribution in [0.5, 0.6) is 5.75 Å². The van der Waals surface area contributed by atoms with Crippen molar-refractivity contribution in [3.05, 3.63) is 124 Å². The van der Waals surface area contributed by atoms with Crippen LogP contribution < -0.4 is 20.7 Å². The van der Waals surface area contributed by atoms with Gasteiger partial charge in [0.25, 0.3) is 11.8 Å². The highest BCUT2D eigenvalue weighted by atomic mass is 35.5. The number of hydrogen-bond acceptors (Lipinski definition) is 5. The summed E-state index contributed by atoms with van der Waals surface area (Å²) in [7, 11) is 1.52. The fraction of sp³-hybridized carbons (Fsp3) is 0.0938. The minimum Gasteiger partial charge on any atom is -0.495 e. The second-order valence-corrected chi connectivity index (χ2v) is 11.3. The summed E-state index contributed by atoms with van der Waals surface area (Å²) >= 11 is 13.5. The van der Waals surface area contributed by atoms with Crippen molar-refractivity contribution in [1.82, 2.24) is 5.32 Å². The fourth-order valence-electron chi connectivity index (χ4n) is 3.79. The third-order valence-electron chi connectivity index (χ3n) is 5.90. The Morgan fingerprint density at radius 1 is 0.833 bits per heavy atom. The lowest BCUT2D eigenvalue weighted by Crippen LogP contribution is -2.30. The van der Waals surface area contributed by atoms with Crippen LogP contribution in [0.25, 0.3) is 6.08 Å². The van der Waals surface area contributed by atoms with E-state index in [1.807, 2.05) is 0 Å². The number of halogens is 2. The number of benzene rings is 4. The Balaban J connectivity index is 1.43. The van der Waals surface area contributed by atoms with E-state index in [0.29, 0.717) is 38.3 Å². The average Bonchev–Trinajstić information content (AvgIpc) is 2.98. The first-order chi connectivity index (χ1) is 20.2. The molecule has 0 aliphatic rings. The number of hydrogen-bond donors (Lipinski definition) is 3. The minimum atomic E-state index is -0.511. The Morgan fingerprint density at radius 3 is 2.24 bits per heavy atom. The topological polar surface area (TPSA) is 96.5 Å². The van der Waals surface area contributed by atoms with Crippen molar-refractivity contribution in [3.8, 4) is 5.75 Å². The largest absolute Gasteiger partial charge is 0.495 e. The van der Waals surface area contributed by atoms with Crippen molar-refractivity contribution in [2.24, 2.45) is 0 Å². The molecule has 0 bridgehead atoms. The SMILES string of the molecule is COc1ccc(Cl)cc1NC(=O)C(C)Sc1ccc(NC(=O)/C(=C/c2cccc(Cl)c2)NC(=O)c2ccccc2)cc1. The van der Waals surface area contributed by atoms with Crippen molar-refractivity contribution in [1.29, 1.82) is 0 Å². The third kappa shape index (κ3) is 8.63. The first kappa shape index (κ1) is 30.7.